The van der Waals surface area contributed by atoms with Crippen molar-refractivity contribution in [1.82, 2.24) is 4.98 Å². The molecule has 1 aromatic heterocycles. The topological polar surface area (TPSA) is 94.4 Å². The lowest BCUT2D eigenvalue weighted by Crippen LogP contribution is -2.04. The van der Waals surface area contributed by atoms with Crippen LogP contribution >= 0.6 is 0 Å². The molecule has 0 amide bonds. The van der Waals surface area contributed by atoms with E-state index >= 15 is 0 Å². The Morgan fingerprint density at radius 2 is 2.05 bits per heavy atom. The van der Waals surface area contributed by atoms with Gasteiger partial charge in [-0.2, -0.15) is 0 Å². The maximum absolute atomic E-state index is 11.2. The van der Waals surface area contributed by atoms with Gasteiger partial charge < -0.3 is 10.1 Å². The summed E-state index contributed by atoms with van der Waals surface area (Å²) in [5.41, 5.74) is 2.56. The van der Waals surface area contributed by atoms with E-state index in [1.165, 1.54) is 13.3 Å². The average molecular weight is 301 g/mol. The second-order valence-electron chi connectivity index (χ2n) is 4.54. The maximum Gasteiger partial charge on any atom is 0.310 e. The number of nitro groups is 1. The average Bonchev–Trinajstić information content (AvgIpc) is 2.54. The summed E-state index contributed by atoms with van der Waals surface area (Å²) >= 11 is 0. The fourth-order valence-corrected chi connectivity index (χ4v) is 1.98. The van der Waals surface area contributed by atoms with Crippen LogP contribution in [0.1, 0.15) is 5.56 Å². The SMILES string of the molecule is CNc1cc(-c2ccc(CC(=O)OC)cc2)ncc1[N+](=O)[O-]. The highest BCUT2D eigenvalue weighted by Gasteiger charge is 2.14. The lowest BCUT2D eigenvalue weighted by atomic mass is 10.1. The number of esters is 1. The summed E-state index contributed by atoms with van der Waals surface area (Å²) in [5.74, 6) is -0.307. The van der Waals surface area contributed by atoms with Crippen molar-refractivity contribution in [3.05, 3.63) is 52.2 Å². The number of benzene rings is 1. The number of aromatic nitrogens is 1. The molecule has 0 atom stereocenters. The molecule has 2 aromatic rings. The van der Waals surface area contributed by atoms with Crippen molar-refractivity contribution in [3.8, 4) is 11.3 Å². The number of hydrogen-bond donors (Lipinski definition) is 1. The normalized spacial score (nSPS) is 10.1. The summed E-state index contributed by atoms with van der Waals surface area (Å²) in [6.45, 7) is 0. The van der Waals surface area contributed by atoms with Gasteiger partial charge >= 0.3 is 11.7 Å². The Labute approximate surface area is 127 Å². The van der Waals surface area contributed by atoms with Gasteiger partial charge in [-0.1, -0.05) is 24.3 Å². The predicted molar refractivity (Wildman–Crippen MR) is 81.6 cm³/mol. The van der Waals surface area contributed by atoms with Crippen molar-refractivity contribution in [2.45, 2.75) is 6.42 Å². The van der Waals surface area contributed by atoms with Gasteiger partial charge in [-0.05, 0) is 11.6 Å². The molecule has 0 aliphatic rings. The zero-order valence-corrected chi connectivity index (χ0v) is 12.2. The van der Waals surface area contributed by atoms with Crippen molar-refractivity contribution < 1.29 is 14.5 Å². The molecule has 0 spiro atoms. The maximum atomic E-state index is 11.2. The molecular formula is C15H15N3O4. The van der Waals surface area contributed by atoms with Crippen LogP contribution in [-0.4, -0.2) is 30.0 Å². The Balaban J connectivity index is 2.28. The highest BCUT2D eigenvalue weighted by Crippen LogP contribution is 2.28. The number of carbonyl (C=O) groups excluding carboxylic acids is 1. The summed E-state index contributed by atoms with van der Waals surface area (Å²) in [6.07, 6.45) is 1.43. The molecule has 0 fully saturated rings. The zero-order valence-electron chi connectivity index (χ0n) is 12.2. The molecule has 7 heteroatoms. The van der Waals surface area contributed by atoms with Crippen molar-refractivity contribution in [2.24, 2.45) is 0 Å². The van der Waals surface area contributed by atoms with Gasteiger partial charge in [0, 0.05) is 12.6 Å². The first-order valence-electron chi connectivity index (χ1n) is 6.53. The van der Waals surface area contributed by atoms with Crippen LogP contribution in [0.3, 0.4) is 0 Å². The molecule has 0 bridgehead atoms. The van der Waals surface area contributed by atoms with Gasteiger partial charge in [0.2, 0.25) is 0 Å². The van der Waals surface area contributed by atoms with Crippen molar-refractivity contribution in [3.63, 3.8) is 0 Å². The minimum atomic E-state index is -0.484. The van der Waals surface area contributed by atoms with Crippen LogP contribution < -0.4 is 5.32 Å². The fourth-order valence-electron chi connectivity index (χ4n) is 1.98. The standard InChI is InChI=1S/C15H15N3O4/c1-16-13-8-12(17-9-14(13)18(20)21)11-5-3-10(4-6-11)7-15(19)22-2/h3-6,8-9H,7H2,1-2H3,(H,16,17). The van der Waals surface area contributed by atoms with E-state index in [2.05, 4.69) is 15.0 Å². The third kappa shape index (κ3) is 3.38. The molecule has 7 nitrogen and oxygen atoms in total. The lowest BCUT2D eigenvalue weighted by Gasteiger charge is -2.06. The summed E-state index contributed by atoms with van der Waals surface area (Å²) in [7, 11) is 2.96. The van der Waals surface area contributed by atoms with Crippen LogP contribution in [0.25, 0.3) is 11.3 Å². The molecule has 22 heavy (non-hydrogen) atoms. The molecule has 1 heterocycles. The Morgan fingerprint density at radius 3 is 2.59 bits per heavy atom. The van der Waals surface area contributed by atoms with Crippen LogP contribution in [-0.2, 0) is 16.0 Å². The quantitative estimate of drug-likeness (QED) is 0.518. The van der Waals surface area contributed by atoms with Gasteiger partial charge in [-0.25, -0.2) is 4.98 Å². The van der Waals surface area contributed by atoms with Crippen molar-refractivity contribution in [1.29, 1.82) is 0 Å². The van der Waals surface area contributed by atoms with Gasteiger partial charge in [-0.15, -0.1) is 0 Å². The number of nitrogens with one attached hydrogen (secondary N) is 1. The van der Waals surface area contributed by atoms with E-state index in [1.54, 1.807) is 25.2 Å². The van der Waals surface area contributed by atoms with E-state index in [-0.39, 0.29) is 18.1 Å². The van der Waals surface area contributed by atoms with Crippen molar-refractivity contribution in [2.75, 3.05) is 19.5 Å². The van der Waals surface area contributed by atoms with Crippen LogP contribution in [0.5, 0.6) is 0 Å². The highest BCUT2D eigenvalue weighted by molar-refractivity contribution is 5.73. The van der Waals surface area contributed by atoms with Gasteiger partial charge in [0.15, 0.2) is 0 Å². The number of methoxy groups -OCH3 is 1. The monoisotopic (exact) mass is 301 g/mol. The number of carbonyl (C=O) groups is 1. The number of pyridine rings is 1. The van der Waals surface area contributed by atoms with Gasteiger partial charge in [0.25, 0.3) is 0 Å². The Morgan fingerprint density at radius 1 is 1.36 bits per heavy atom. The number of hydrogen-bond acceptors (Lipinski definition) is 6. The zero-order chi connectivity index (χ0) is 16.1. The molecule has 0 unspecified atom stereocenters. The summed E-state index contributed by atoms with van der Waals surface area (Å²) < 4.78 is 4.61. The van der Waals surface area contributed by atoms with Crippen LogP contribution in [0.4, 0.5) is 11.4 Å². The Bertz CT molecular complexity index is 698. The van der Waals surface area contributed by atoms with Gasteiger partial charge in [0.05, 0.1) is 24.1 Å². The molecule has 114 valence electrons. The third-order valence-electron chi connectivity index (χ3n) is 3.17. The molecule has 0 radical (unpaired) electrons. The third-order valence-corrected chi connectivity index (χ3v) is 3.17. The fraction of sp³-hybridized carbons (Fsp3) is 0.200. The minimum Gasteiger partial charge on any atom is -0.469 e. The summed E-state index contributed by atoms with van der Waals surface area (Å²) in [4.78, 5) is 25.7. The molecule has 0 aliphatic carbocycles. The first kappa shape index (κ1) is 15.4. The van der Waals surface area contributed by atoms with E-state index in [9.17, 15) is 14.9 Å². The van der Waals surface area contributed by atoms with E-state index < -0.39 is 4.92 Å². The van der Waals surface area contributed by atoms with Gasteiger partial charge in [0.1, 0.15) is 11.9 Å². The molecule has 0 saturated heterocycles. The molecule has 1 N–H and O–H groups in total. The predicted octanol–water partition coefficient (Wildman–Crippen LogP) is 2.41. The van der Waals surface area contributed by atoms with Gasteiger partial charge in [-0.3, -0.25) is 14.9 Å². The van der Waals surface area contributed by atoms with E-state index in [0.29, 0.717) is 11.4 Å². The minimum absolute atomic E-state index is 0.0754. The Kier molecular flexibility index (Phi) is 4.67. The summed E-state index contributed by atoms with van der Waals surface area (Å²) in [6, 6.07) is 8.84. The number of anilines is 1. The van der Waals surface area contributed by atoms with E-state index in [0.717, 1.165) is 11.1 Å². The van der Waals surface area contributed by atoms with Crippen LogP contribution in [0.2, 0.25) is 0 Å². The molecule has 0 aliphatic heterocycles. The lowest BCUT2D eigenvalue weighted by molar-refractivity contribution is -0.384. The number of rotatable bonds is 5. The molecule has 2 rings (SSSR count). The summed E-state index contributed by atoms with van der Waals surface area (Å²) in [5, 5.41) is 13.7. The molecule has 0 saturated carbocycles. The Hall–Kier alpha value is -2.96. The van der Waals surface area contributed by atoms with Crippen molar-refractivity contribution >= 4 is 17.3 Å². The number of ether oxygens (including phenoxy) is 1. The molecular weight excluding hydrogens is 286 g/mol. The number of nitrogens with zero attached hydrogens (tertiary/aromatic N) is 2. The largest absolute Gasteiger partial charge is 0.469 e. The van der Waals surface area contributed by atoms with Crippen LogP contribution in [0, 0.1) is 10.1 Å². The van der Waals surface area contributed by atoms with E-state index in [4.69, 9.17) is 0 Å². The first-order chi connectivity index (χ1) is 10.5. The first-order valence-corrected chi connectivity index (χ1v) is 6.53. The second-order valence-corrected chi connectivity index (χ2v) is 4.54. The highest BCUT2D eigenvalue weighted by atomic mass is 16.6. The van der Waals surface area contributed by atoms with Crippen LogP contribution in [0.15, 0.2) is 36.5 Å². The van der Waals surface area contributed by atoms with E-state index in [1.807, 2.05) is 12.1 Å². The second kappa shape index (κ2) is 6.66. The smallest absolute Gasteiger partial charge is 0.310 e. The molecule has 1 aromatic carbocycles.